The fraction of sp³-hybridized carbons (Fsp3) is 0.538. The third-order valence-electron chi connectivity index (χ3n) is 2.66. The van der Waals surface area contributed by atoms with E-state index in [1.54, 1.807) is 24.3 Å². The van der Waals surface area contributed by atoms with Gasteiger partial charge in [-0.25, -0.2) is 0 Å². The van der Waals surface area contributed by atoms with Crippen molar-refractivity contribution in [2.45, 2.75) is 38.5 Å². The topological polar surface area (TPSA) is 29.5 Å². The van der Waals surface area contributed by atoms with E-state index in [1.165, 1.54) is 0 Å². The van der Waals surface area contributed by atoms with Crippen molar-refractivity contribution >= 4 is 0 Å². The van der Waals surface area contributed by atoms with E-state index in [9.17, 15) is 18.3 Å². The zero-order valence-electron chi connectivity index (χ0n) is 10.6. The lowest BCUT2D eigenvalue weighted by molar-refractivity contribution is -0.260. The van der Waals surface area contributed by atoms with Crippen LogP contribution < -0.4 is 4.74 Å². The lowest BCUT2D eigenvalue weighted by Gasteiger charge is -2.26. The van der Waals surface area contributed by atoms with Crippen molar-refractivity contribution < 1.29 is 23.0 Å². The summed E-state index contributed by atoms with van der Waals surface area (Å²) in [6, 6.07) is 6.87. The highest BCUT2D eigenvalue weighted by Crippen LogP contribution is 2.32. The van der Waals surface area contributed by atoms with Gasteiger partial charge in [-0.05, 0) is 24.5 Å². The van der Waals surface area contributed by atoms with Crippen molar-refractivity contribution in [2.24, 2.45) is 0 Å². The average Bonchev–Trinajstić information content (AvgIpc) is 2.25. The second kappa shape index (κ2) is 5.18. The molecule has 1 atom stereocenters. The van der Waals surface area contributed by atoms with Gasteiger partial charge in [-0.3, -0.25) is 0 Å². The van der Waals surface area contributed by atoms with Gasteiger partial charge in [0.25, 0.3) is 0 Å². The molecule has 5 heteroatoms. The van der Waals surface area contributed by atoms with Crippen LogP contribution in [0.2, 0.25) is 0 Å². The van der Waals surface area contributed by atoms with E-state index < -0.39 is 18.4 Å². The van der Waals surface area contributed by atoms with Crippen molar-refractivity contribution in [3.8, 4) is 5.75 Å². The van der Waals surface area contributed by atoms with Crippen LogP contribution >= 0.6 is 0 Å². The zero-order chi connectivity index (χ0) is 14.0. The minimum atomic E-state index is -4.71. The first-order chi connectivity index (χ1) is 8.15. The summed E-state index contributed by atoms with van der Waals surface area (Å²) in [5.74, 6) is 0.508. The van der Waals surface area contributed by atoms with E-state index in [0.29, 0.717) is 12.7 Å². The molecule has 1 aromatic rings. The fourth-order valence-electron chi connectivity index (χ4n) is 1.39. The highest BCUT2D eigenvalue weighted by molar-refractivity contribution is 5.35. The van der Waals surface area contributed by atoms with E-state index in [1.807, 2.05) is 13.8 Å². The van der Waals surface area contributed by atoms with Crippen LogP contribution in [0.25, 0.3) is 0 Å². The fourth-order valence-corrected chi connectivity index (χ4v) is 1.39. The first-order valence-corrected chi connectivity index (χ1v) is 5.66. The number of rotatable bonds is 4. The maximum Gasteiger partial charge on any atom is 0.420 e. The molecule has 0 bridgehead atoms. The molecule has 2 nitrogen and oxygen atoms in total. The molecule has 0 amide bonds. The predicted octanol–water partition coefficient (Wildman–Crippen LogP) is 3.50. The molecule has 1 unspecified atom stereocenters. The Balaban J connectivity index is 2.81. The van der Waals surface area contributed by atoms with Crippen molar-refractivity contribution in [2.75, 3.05) is 6.61 Å². The van der Waals surface area contributed by atoms with E-state index in [0.717, 1.165) is 5.56 Å². The van der Waals surface area contributed by atoms with Crippen LogP contribution in [0.15, 0.2) is 24.3 Å². The molecule has 0 aliphatic carbocycles. The summed E-state index contributed by atoms with van der Waals surface area (Å²) in [5, 5.41) is 9.29. The molecule has 1 aromatic carbocycles. The quantitative estimate of drug-likeness (QED) is 0.899. The van der Waals surface area contributed by atoms with Crippen LogP contribution in [0.4, 0.5) is 13.2 Å². The Labute approximate surface area is 104 Å². The Kier molecular flexibility index (Phi) is 4.27. The summed E-state index contributed by atoms with van der Waals surface area (Å²) < 4.78 is 42.5. The molecule has 102 valence electrons. The second-order valence-corrected chi connectivity index (χ2v) is 4.75. The molecule has 0 saturated carbocycles. The smallest absolute Gasteiger partial charge is 0.420 e. The Morgan fingerprint density at radius 3 is 2.28 bits per heavy atom. The SMILES string of the molecule is CC(C)c1ccccc1OCC(C)(O)C(F)(F)F. The standard InChI is InChI=1S/C13H17F3O2/c1-9(2)10-6-4-5-7-11(10)18-8-12(3,17)13(14,15)16/h4-7,9,17H,8H2,1-3H3. The third-order valence-corrected chi connectivity index (χ3v) is 2.66. The maximum atomic E-state index is 12.5. The summed E-state index contributed by atoms with van der Waals surface area (Å²) in [4.78, 5) is 0. The lowest BCUT2D eigenvalue weighted by atomic mass is 10.0. The second-order valence-electron chi connectivity index (χ2n) is 4.75. The largest absolute Gasteiger partial charge is 0.490 e. The van der Waals surface area contributed by atoms with Gasteiger partial charge in [0.15, 0.2) is 5.60 Å². The molecule has 0 aliphatic rings. The minimum Gasteiger partial charge on any atom is -0.490 e. The minimum absolute atomic E-state index is 0.136. The molecule has 0 spiro atoms. The number of aliphatic hydroxyl groups is 1. The Morgan fingerprint density at radius 1 is 1.22 bits per heavy atom. The molecular weight excluding hydrogens is 245 g/mol. The summed E-state index contributed by atoms with van der Waals surface area (Å²) in [7, 11) is 0. The summed E-state index contributed by atoms with van der Waals surface area (Å²) in [6.07, 6.45) is -4.71. The molecule has 18 heavy (non-hydrogen) atoms. The molecule has 0 radical (unpaired) electrons. The number of hydrogen-bond donors (Lipinski definition) is 1. The van der Waals surface area contributed by atoms with Gasteiger partial charge in [0.05, 0.1) is 0 Å². The Bertz CT molecular complexity index is 397. The zero-order valence-corrected chi connectivity index (χ0v) is 10.6. The highest BCUT2D eigenvalue weighted by Gasteiger charge is 2.50. The molecule has 1 rings (SSSR count). The van der Waals surface area contributed by atoms with E-state index in [4.69, 9.17) is 4.74 Å². The molecular formula is C13H17F3O2. The number of benzene rings is 1. The van der Waals surface area contributed by atoms with Gasteiger partial charge in [-0.2, -0.15) is 13.2 Å². The number of ether oxygens (including phenoxy) is 1. The van der Waals surface area contributed by atoms with Crippen LogP contribution in [0, 0.1) is 0 Å². The summed E-state index contributed by atoms with van der Waals surface area (Å²) >= 11 is 0. The van der Waals surface area contributed by atoms with Gasteiger partial charge in [0.2, 0.25) is 0 Å². The monoisotopic (exact) mass is 262 g/mol. The van der Waals surface area contributed by atoms with Gasteiger partial charge in [-0.15, -0.1) is 0 Å². The third kappa shape index (κ3) is 3.38. The average molecular weight is 262 g/mol. The number of alkyl halides is 3. The van der Waals surface area contributed by atoms with Gasteiger partial charge in [0.1, 0.15) is 12.4 Å². The van der Waals surface area contributed by atoms with Crippen LogP contribution in [0.5, 0.6) is 5.75 Å². The Hall–Kier alpha value is -1.23. The number of halogens is 3. The summed E-state index contributed by atoms with van der Waals surface area (Å²) in [5.41, 5.74) is -2.03. The van der Waals surface area contributed by atoms with Crippen LogP contribution in [0.3, 0.4) is 0 Å². The maximum absolute atomic E-state index is 12.5. The Morgan fingerprint density at radius 2 is 1.78 bits per heavy atom. The van der Waals surface area contributed by atoms with E-state index in [-0.39, 0.29) is 5.92 Å². The normalized spacial score (nSPS) is 15.6. The molecule has 0 heterocycles. The van der Waals surface area contributed by atoms with Crippen molar-refractivity contribution in [1.82, 2.24) is 0 Å². The molecule has 0 saturated heterocycles. The first-order valence-electron chi connectivity index (χ1n) is 5.66. The van der Waals surface area contributed by atoms with Gasteiger partial charge < -0.3 is 9.84 Å². The van der Waals surface area contributed by atoms with Crippen LogP contribution in [0.1, 0.15) is 32.3 Å². The van der Waals surface area contributed by atoms with Gasteiger partial charge in [-0.1, -0.05) is 32.0 Å². The van der Waals surface area contributed by atoms with Crippen LogP contribution in [-0.2, 0) is 0 Å². The molecule has 0 aliphatic heterocycles. The molecule has 0 fully saturated rings. The summed E-state index contributed by atoms with van der Waals surface area (Å²) in [6.45, 7) is 3.72. The first kappa shape index (κ1) is 14.8. The number of para-hydroxylation sites is 1. The number of hydrogen-bond acceptors (Lipinski definition) is 2. The van der Waals surface area contributed by atoms with Gasteiger partial charge >= 0.3 is 6.18 Å². The molecule has 0 aromatic heterocycles. The van der Waals surface area contributed by atoms with Gasteiger partial charge in [0, 0.05) is 0 Å². The van der Waals surface area contributed by atoms with Crippen molar-refractivity contribution in [1.29, 1.82) is 0 Å². The van der Waals surface area contributed by atoms with E-state index >= 15 is 0 Å². The van der Waals surface area contributed by atoms with Crippen LogP contribution in [-0.4, -0.2) is 23.5 Å². The highest BCUT2D eigenvalue weighted by atomic mass is 19.4. The van der Waals surface area contributed by atoms with E-state index in [2.05, 4.69) is 0 Å². The van der Waals surface area contributed by atoms with Crippen molar-refractivity contribution in [3.05, 3.63) is 29.8 Å². The molecule has 1 N–H and O–H groups in total. The lowest BCUT2D eigenvalue weighted by Crippen LogP contribution is -2.47. The predicted molar refractivity (Wildman–Crippen MR) is 62.7 cm³/mol. The van der Waals surface area contributed by atoms with Crippen molar-refractivity contribution in [3.63, 3.8) is 0 Å².